The van der Waals surface area contributed by atoms with E-state index in [1.165, 1.54) is 19.2 Å². The molecule has 0 bridgehead atoms. The van der Waals surface area contributed by atoms with Gasteiger partial charge in [0.25, 0.3) is 0 Å². The number of carbonyl (C=O) groups excluding carboxylic acids is 1. The van der Waals surface area contributed by atoms with E-state index in [0.717, 1.165) is 25.7 Å². The lowest BCUT2D eigenvalue weighted by Crippen LogP contribution is -2.45. The van der Waals surface area contributed by atoms with E-state index in [2.05, 4.69) is 20.5 Å². The number of aromatic amines is 1. The van der Waals surface area contributed by atoms with Gasteiger partial charge < -0.3 is 11.1 Å². The molecule has 0 aromatic carbocycles. The van der Waals surface area contributed by atoms with Crippen LogP contribution in [0.15, 0.2) is 6.33 Å². The number of carbonyl (C=O) groups is 1. The molecule has 4 N–H and O–H groups in total. The summed E-state index contributed by atoms with van der Waals surface area (Å²) < 4.78 is 0. The average Bonchev–Trinajstić information content (AvgIpc) is 2.79. The number of aromatic nitrogens is 3. The monoisotopic (exact) mass is 251 g/mol. The molecule has 0 radical (unpaired) electrons. The van der Waals surface area contributed by atoms with E-state index in [1.807, 2.05) is 0 Å². The highest BCUT2D eigenvalue weighted by Crippen LogP contribution is 2.34. The van der Waals surface area contributed by atoms with Crippen LogP contribution in [0.2, 0.25) is 0 Å². The summed E-state index contributed by atoms with van der Waals surface area (Å²) in [5.41, 5.74) is 5.48. The van der Waals surface area contributed by atoms with Gasteiger partial charge in [0.15, 0.2) is 0 Å². The van der Waals surface area contributed by atoms with Crippen molar-refractivity contribution in [3.63, 3.8) is 0 Å². The number of rotatable bonds is 4. The Morgan fingerprint density at radius 2 is 2.11 bits per heavy atom. The Hall–Kier alpha value is -1.43. The minimum atomic E-state index is -0.378. The van der Waals surface area contributed by atoms with Crippen molar-refractivity contribution in [2.75, 3.05) is 6.54 Å². The van der Waals surface area contributed by atoms with Gasteiger partial charge in [-0.15, -0.1) is 0 Å². The van der Waals surface area contributed by atoms with Crippen LogP contribution >= 0.6 is 0 Å². The topological polar surface area (TPSA) is 96.7 Å². The van der Waals surface area contributed by atoms with Gasteiger partial charge in [0, 0.05) is 6.54 Å². The van der Waals surface area contributed by atoms with Crippen molar-refractivity contribution in [3.8, 4) is 0 Å². The fourth-order valence-electron chi connectivity index (χ4n) is 2.60. The number of nitrogens with two attached hydrogens (primary N) is 1. The molecule has 0 spiro atoms. The molecule has 1 heterocycles. The smallest absolute Gasteiger partial charge is 0.227 e. The van der Waals surface area contributed by atoms with E-state index in [0.29, 0.717) is 18.9 Å². The molecule has 6 nitrogen and oxygen atoms in total. The van der Waals surface area contributed by atoms with Crippen molar-refractivity contribution in [2.45, 2.75) is 45.1 Å². The Labute approximate surface area is 107 Å². The highest BCUT2D eigenvalue weighted by atomic mass is 16.2. The van der Waals surface area contributed by atoms with Crippen LogP contribution in [0.25, 0.3) is 0 Å². The summed E-state index contributed by atoms with van der Waals surface area (Å²) in [6.07, 6.45) is 7.82. The molecule has 0 unspecified atom stereocenters. The highest BCUT2D eigenvalue weighted by molar-refractivity contribution is 5.82. The first kappa shape index (κ1) is 13.0. The van der Waals surface area contributed by atoms with E-state index in [4.69, 9.17) is 5.73 Å². The third-order valence-corrected chi connectivity index (χ3v) is 3.81. The van der Waals surface area contributed by atoms with Gasteiger partial charge in [-0.25, -0.2) is 4.98 Å². The molecule has 0 saturated heterocycles. The van der Waals surface area contributed by atoms with Crippen LogP contribution in [-0.2, 0) is 11.3 Å². The second-order valence-corrected chi connectivity index (χ2v) is 5.01. The number of nitrogens with one attached hydrogen (secondary N) is 2. The molecule has 1 aliphatic rings. The zero-order valence-electron chi connectivity index (χ0n) is 10.6. The SMILES string of the molecule is NCC1(C(=O)NCc2ncn[nH]2)CCCCCC1. The fraction of sp³-hybridized carbons (Fsp3) is 0.750. The van der Waals surface area contributed by atoms with Crippen molar-refractivity contribution in [3.05, 3.63) is 12.2 Å². The lowest BCUT2D eigenvalue weighted by molar-refractivity contribution is -0.131. The second kappa shape index (κ2) is 5.95. The summed E-state index contributed by atoms with van der Waals surface area (Å²) in [6, 6.07) is 0. The third-order valence-electron chi connectivity index (χ3n) is 3.81. The van der Waals surface area contributed by atoms with Crippen LogP contribution < -0.4 is 11.1 Å². The predicted octanol–water partition coefficient (Wildman–Crippen LogP) is 0.720. The minimum Gasteiger partial charge on any atom is -0.348 e. The Bertz CT molecular complexity index is 368. The molecule has 0 atom stereocenters. The van der Waals surface area contributed by atoms with Crippen LogP contribution in [-0.4, -0.2) is 27.6 Å². The van der Waals surface area contributed by atoms with Crippen molar-refractivity contribution in [1.29, 1.82) is 0 Å². The van der Waals surface area contributed by atoms with Crippen molar-refractivity contribution in [2.24, 2.45) is 11.1 Å². The van der Waals surface area contributed by atoms with Crippen LogP contribution in [0.1, 0.15) is 44.3 Å². The quantitative estimate of drug-likeness (QED) is 0.687. The first-order valence-electron chi connectivity index (χ1n) is 6.59. The van der Waals surface area contributed by atoms with Gasteiger partial charge in [-0.3, -0.25) is 9.89 Å². The van der Waals surface area contributed by atoms with Gasteiger partial charge in [0.05, 0.1) is 12.0 Å². The summed E-state index contributed by atoms with van der Waals surface area (Å²) in [5, 5.41) is 9.41. The van der Waals surface area contributed by atoms with E-state index < -0.39 is 0 Å². The lowest BCUT2D eigenvalue weighted by atomic mass is 9.79. The Morgan fingerprint density at radius 3 is 2.67 bits per heavy atom. The zero-order chi connectivity index (χ0) is 12.8. The fourth-order valence-corrected chi connectivity index (χ4v) is 2.60. The van der Waals surface area contributed by atoms with Crippen LogP contribution in [0, 0.1) is 5.41 Å². The maximum Gasteiger partial charge on any atom is 0.227 e. The van der Waals surface area contributed by atoms with Crippen molar-refractivity contribution >= 4 is 5.91 Å². The van der Waals surface area contributed by atoms with E-state index in [9.17, 15) is 4.79 Å². The molecule has 1 saturated carbocycles. The van der Waals surface area contributed by atoms with Crippen LogP contribution in [0.5, 0.6) is 0 Å². The van der Waals surface area contributed by atoms with Gasteiger partial charge >= 0.3 is 0 Å². The molecular weight excluding hydrogens is 230 g/mol. The maximum absolute atomic E-state index is 12.3. The molecule has 2 rings (SSSR count). The molecule has 18 heavy (non-hydrogen) atoms. The van der Waals surface area contributed by atoms with Crippen molar-refractivity contribution in [1.82, 2.24) is 20.5 Å². The van der Waals surface area contributed by atoms with E-state index >= 15 is 0 Å². The normalized spacial score (nSPS) is 19.2. The number of hydrogen-bond acceptors (Lipinski definition) is 4. The summed E-state index contributed by atoms with van der Waals surface area (Å²) in [6.45, 7) is 0.815. The van der Waals surface area contributed by atoms with Crippen LogP contribution in [0.4, 0.5) is 0 Å². The highest BCUT2D eigenvalue weighted by Gasteiger charge is 2.36. The lowest BCUT2D eigenvalue weighted by Gasteiger charge is -2.29. The Morgan fingerprint density at radius 1 is 1.39 bits per heavy atom. The standard InChI is InChI=1S/C12H21N5O/c13-8-12(5-3-1-2-4-6-12)11(18)14-7-10-15-9-16-17-10/h9H,1-8,13H2,(H,14,18)(H,15,16,17). The van der Waals surface area contributed by atoms with Gasteiger partial charge in [-0.1, -0.05) is 25.7 Å². The first-order chi connectivity index (χ1) is 8.77. The van der Waals surface area contributed by atoms with Gasteiger partial charge in [-0.05, 0) is 12.8 Å². The maximum atomic E-state index is 12.3. The van der Waals surface area contributed by atoms with Crippen molar-refractivity contribution < 1.29 is 4.79 Å². The summed E-state index contributed by atoms with van der Waals surface area (Å²) in [5.74, 6) is 0.729. The molecule has 1 fully saturated rings. The van der Waals surface area contributed by atoms with Gasteiger partial charge in [-0.2, -0.15) is 5.10 Å². The third kappa shape index (κ3) is 2.87. The largest absolute Gasteiger partial charge is 0.348 e. The summed E-state index contributed by atoms with van der Waals surface area (Å²) in [7, 11) is 0. The van der Waals surface area contributed by atoms with E-state index in [1.54, 1.807) is 0 Å². The first-order valence-corrected chi connectivity index (χ1v) is 6.59. The molecule has 1 aliphatic carbocycles. The Kier molecular flexibility index (Phi) is 4.30. The average molecular weight is 251 g/mol. The molecule has 1 aromatic heterocycles. The molecule has 0 aliphatic heterocycles. The molecule has 6 heteroatoms. The molecule has 1 amide bonds. The van der Waals surface area contributed by atoms with Crippen LogP contribution in [0.3, 0.4) is 0 Å². The van der Waals surface area contributed by atoms with E-state index in [-0.39, 0.29) is 11.3 Å². The predicted molar refractivity (Wildman–Crippen MR) is 67.4 cm³/mol. The summed E-state index contributed by atoms with van der Waals surface area (Å²) >= 11 is 0. The van der Waals surface area contributed by atoms with Gasteiger partial charge in [0.2, 0.25) is 5.91 Å². The zero-order valence-corrected chi connectivity index (χ0v) is 10.6. The summed E-state index contributed by atoms with van der Waals surface area (Å²) in [4.78, 5) is 16.3. The number of nitrogens with zero attached hydrogens (tertiary/aromatic N) is 2. The Balaban J connectivity index is 1.95. The number of amides is 1. The molecular formula is C12H21N5O. The van der Waals surface area contributed by atoms with Gasteiger partial charge in [0.1, 0.15) is 12.2 Å². The molecule has 100 valence electrons. The second-order valence-electron chi connectivity index (χ2n) is 5.01. The number of H-pyrrole nitrogens is 1. The molecule has 1 aromatic rings. The number of hydrogen-bond donors (Lipinski definition) is 3. The minimum absolute atomic E-state index is 0.0586.